The first-order chi connectivity index (χ1) is 4.34. The van der Waals surface area contributed by atoms with E-state index in [4.69, 9.17) is 11.6 Å². The van der Waals surface area contributed by atoms with Crippen molar-refractivity contribution in [1.82, 2.24) is 0 Å². The standard InChI is InChI=1S/C6H6BrClS/c7-3-1-6-5(8)2-4-9-6/h2,4H,1,3H2. The molecule has 0 nitrogen and oxygen atoms in total. The van der Waals surface area contributed by atoms with Gasteiger partial charge in [-0.2, -0.15) is 0 Å². The van der Waals surface area contributed by atoms with Crippen LogP contribution in [0.3, 0.4) is 0 Å². The van der Waals surface area contributed by atoms with Gasteiger partial charge in [-0.1, -0.05) is 27.5 Å². The Hall–Kier alpha value is 0.470. The summed E-state index contributed by atoms with van der Waals surface area (Å²) in [6.07, 6.45) is 1.04. The van der Waals surface area contributed by atoms with Crippen molar-refractivity contribution in [2.75, 3.05) is 5.33 Å². The maximum Gasteiger partial charge on any atom is 0.0545 e. The number of hydrogen-bond acceptors (Lipinski definition) is 1. The van der Waals surface area contributed by atoms with Crippen molar-refractivity contribution in [3.8, 4) is 0 Å². The summed E-state index contributed by atoms with van der Waals surface area (Å²) < 4.78 is 0. The van der Waals surface area contributed by atoms with Crippen LogP contribution in [0.1, 0.15) is 4.88 Å². The van der Waals surface area contributed by atoms with Crippen LogP contribution in [-0.4, -0.2) is 5.33 Å². The van der Waals surface area contributed by atoms with E-state index in [1.807, 2.05) is 11.4 Å². The zero-order chi connectivity index (χ0) is 6.69. The first kappa shape index (κ1) is 7.58. The van der Waals surface area contributed by atoms with Crippen LogP contribution in [0.4, 0.5) is 0 Å². The quantitative estimate of drug-likeness (QED) is 0.677. The second kappa shape index (κ2) is 3.59. The maximum absolute atomic E-state index is 5.81. The van der Waals surface area contributed by atoms with E-state index in [1.54, 1.807) is 11.3 Å². The topological polar surface area (TPSA) is 0 Å². The minimum absolute atomic E-state index is 0.902. The molecule has 0 saturated carbocycles. The number of hydrogen-bond donors (Lipinski definition) is 0. The van der Waals surface area contributed by atoms with Crippen molar-refractivity contribution < 1.29 is 0 Å². The van der Waals surface area contributed by atoms with E-state index >= 15 is 0 Å². The molecule has 0 saturated heterocycles. The molecule has 1 rings (SSSR count). The van der Waals surface area contributed by atoms with Gasteiger partial charge >= 0.3 is 0 Å². The van der Waals surface area contributed by atoms with E-state index in [9.17, 15) is 0 Å². The highest BCUT2D eigenvalue weighted by Crippen LogP contribution is 2.22. The fourth-order valence-electron chi connectivity index (χ4n) is 0.589. The summed E-state index contributed by atoms with van der Waals surface area (Å²) in [7, 11) is 0. The third kappa shape index (κ3) is 1.95. The third-order valence-electron chi connectivity index (χ3n) is 1.01. The Morgan fingerprint density at radius 1 is 1.67 bits per heavy atom. The minimum atomic E-state index is 0.902. The molecule has 1 aromatic heterocycles. The Kier molecular flexibility index (Phi) is 3.02. The number of rotatable bonds is 2. The zero-order valence-corrected chi connectivity index (χ0v) is 7.89. The lowest BCUT2D eigenvalue weighted by Crippen LogP contribution is -1.78. The Morgan fingerprint density at radius 2 is 2.44 bits per heavy atom. The van der Waals surface area contributed by atoms with Crippen molar-refractivity contribution in [3.63, 3.8) is 0 Å². The molecular formula is C6H6BrClS. The maximum atomic E-state index is 5.81. The highest BCUT2D eigenvalue weighted by atomic mass is 79.9. The highest BCUT2D eigenvalue weighted by molar-refractivity contribution is 9.09. The molecule has 0 radical (unpaired) electrons. The lowest BCUT2D eigenvalue weighted by atomic mass is 10.4. The van der Waals surface area contributed by atoms with Crippen LogP contribution >= 0.6 is 38.9 Å². The summed E-state index contributed by atoms with van der Waals surface area (Å²) in [6, 6.07) is 1.93. The van der Waals surface area contributed by atoms with Crippen LogP contribution in [0.25, 0.3) is 0 Å². The largest absolute Gasteiger partial charge is 0.147 e. The highest BCUT2D eigenvalue weighted by Gasteiger charge is 1.98. The van der Waals surface area contributed by atoms with E-state index in [0.29, 0.717) is 0 Å². The smallest absolute Gasteiger partial charge is 0.0545 e. The molecular weight excluding hydrogens is 219 g/mol. The molecule has 0 aromatic carbocycles. The summed E-state index contributed by atoms with van der Waals surface area (Å²) in [4.78, 5) is 1.27. The molecule has 9 heavy (non-hydrogen) atoms. The molecule has 0 fully saturated rings. The molecule has 0 unspecified atom stereocenters. The van der Waals surface area contributed by atoms with Crippen LogP contribution in [0.2, 0.25) is 5.02 Å². The van der Waals surface area contributed by atoms with E-state index in [0.717, 1.165) is 16.8 Å². The molecule has 0 spiro atoms. The van der Waals surface area contributed by atoms with Crippen LogP contribution in [0, 0.1) is 0 Å². The number of halogens is 2. The van der Waals surface area contributed by atoms with Gasteiger partial charge in [-0.3, -0.25) is 0 Å². The van der Waals surface area contributed by atoms with Gasteiger partial charge in [0, 0.05) is 10.2 Å². The summed E-state index contributed by atoms with van der Waals surface area (Å²) in [5.41, 5.74) is 0. The van der Waals surface area contributed by atoms with Gasteiger partial charge < -0.3 is 0 Å². The van der Waals surface area contributed by atoms with Gasteiger partial charge in [-0.05, 0) is 17.9 Å². The molecule has 0 bridgehead atoms. The molecule has 3 heteroatoms. The molecule has 0 aliphatic rings. The Labute approximate surface area is 72.0 Å². The van der Waals surface area contributed by atoms with Gasteiger partial charge in [-0.15, -0.1) is 11.3 Å². The van der Waals surface area contributed by atoms with E-state index in [-0.39, 0.29) is 0 Å². The van der Waals surface area contributed by atoms with E-state index < -0.39 is 0 Å². The molecule has 1 aromatic rings. The van der Waals surface area contributed by atoms with Gasteiger partial charge in [0.2, 0.25) is 0 Å². The number of thiophene rings is 1. The fourth-order valence-corrected chi connectivity index (χ4v) is 2.38. The van der Waals surface area contributed by atoms with Gasteiger partial charge in [0.1, 0.15) is 0 Å². The first-order valence-electron chi connectivity index (χ1n) is 2.62. The van der Waals surface area contributed by atoms with Crippen LogP contribution in [0.15, 0.2) is 11.4 Å². The van der Waals surface area contributed by atoms with Gasteiger partial charge in [-0.25, -0.2) is 0 Å². The van der Waals surface area contributed by atoms with Gasteiger partial charge in [0.15, 0.2) is 0 Å². The van der Waals surface area contributed by atoms with Crippen molar-refractivity contribution >= 4 is 38.9 Å². The average molecular weight is 226 g/mol. The Morgan fingerprint density at radius 3 is 2.89 bits per heavy atom. The normalized spacial score (nSPS) is 10.0. The van der Waals surface area contributed by atoms with Crippen molar-refractivity contribution in [3.05, 3.63) is 21.3 Å². The monoisotopic (exact) mass is 224 g/mol. The lowest BCUT2D eigenvalue weighted by molar-refractivity contribution is 1.22. The fraction of sp³-hybridized carbons (Fsp3) is 0.333. The minimum Gasteiger partial charge on any atom is -0.147 e. The average Bonchev–Trinajstić information content (AvgIpc) is 2.18. The number of alkyl halides is 1. The van der Waals surface area contributed by atoms with Crippen LogP contribution < -0.4 is 0 Å². The van der Waals surface area contributed by atoms with E-state index in [1.165, 1.54) is 4.88 Å². The van der Waals surface area contributed by atoms with Crippen LogP contribution in [0.5, 0.6) is 0 Å². The summed E-state index contributed by atoms with van der Waals surface area (Å²) >= 11 is 10.9. The molecule has 0 atom stereocenters. The molecule has 0 N–H and O–H groups in total. The van der Waals surface area contributed by atoms with Crippen molar-refractivity contribution in [2.45, 2.75) is 6.42 Å². The molecule has 0 aliphatic heterocycles. The second-order valence-corrected chi connectivity index (χ2v) is 3.83. The second-order valence-electron chi connectivity index (χ2n) is 1.63. The zero-order valence-electron chi connectivity index (χ0n) is 4.73. The third-order valence-corrected chi connectivity index (χ3v) is 2.86. The summed E-state index contributed by atoms with van der Waals surface area (Å²) in [5, 5.41) is 3.91. The Bertz CT molecular complexity index is 185. The molecule has 0 aliphatic carbocycles. The molecule has 50 valence electrons. The predicted octanol–water partition coefficient (Wildman–Crippen LogP) is 3.34. The van der Waals surface area contributed by atoms with Crippen molar-refractivity contribution in [2.24, 2.45) is 0 Å². The number of aryl methyl sites for hydroxylation is 1. The Balaban J connectivity index is 2.69. The van der Waals surface area contributed by atoms with Gasteiger partial charge in [0.05, 0.1) is 5.02 Å². The lowest BCUT2D eigenvalue weighted by Gasteiger charge is -1.89. The first-order valence-corrected chi connectivity index (χ1v) is 5.00. The molecule has 1 heterocycles. The predicted molar refractivity (Wildman–Crippen MR) is 46.8 cm³/mol. The van der Waals surface area contributed by atoms with Crippen LogP contribution in [-0.2, 0) is 6.42 Å². The van der Waals surface area contributed by atoms with Gasteiger partial charge in [0.25, 0.3) is 0 Å². The van der Waals surface area contributed by atoms with E-state index in [2.05, 4.69) is 15.9 Å². The van der Waals surface area contributed by atoms with Crippen molar-refractivity contribution in [1.29, 1.82) is 0 Å². The summed E-state index contributed by atoms with van der Waals surface area (Å²) in [6.45, 7) is 0. The molecule has 0 amide bonds. The SMILES string of the molecule is Clc1ccsc1CCBr. The summed E-state index contributed by atoms with van der Waals surface area (Å²) in [5.74, 6) is 0.